The number of aliphatic hydroxyl groups excluding tert-OH is 1. The number of aliphatic hydroxyl groups is 1. The van der Waals surface area contributed by atoms with E-state index in [2.05, 4.69) is 0 Å². The van der Waals surface area contributed by atoms with Gasteiger partial charge in [-0.15, -0.1) is 0 Å². The Balaban J connectivity index is 2.21. The summed E-state index contributed by atoms with van der Waals surface area (Å²) in [6, 6.07) is 4.19. The van der Waals surface area contributed by atoms with Crippen LogP contribution < -0.4 is 0 Å². The summed E-state index contributed by atoms with van der Waals surface area (Å²) in [5, 5.41) is 19.9. The molecule has 2 rings (SSSR count). The smallest absolute Gasteiger partial charge is 0.269 e. The van der Waals surface area contributed by atoms with E-state index >= 15 is 0 Å². The van der Waals surface area contributed by atoms with Gasteiger partial charge in [0.2, 0.25) is 0 Å². The summed E-state index contributed by atoms with van der Waals surface area (Å²) in [4.78, 5) is 24.4. The highest BCUT2D eigenvalue weighted by Crippen LogP contribution is 2.20. The lowest BCUT2D eigenvalue weighted by Gasteiger charge is -2.36. The molecule has 0 aliphatic carbocycles. The molecule has 1 amide bonds. The van der Waals surface area contributed by atoms with Gasteiger partial charge in [-0.2, -0.15) is 0 Å². The predicted molar refractivity (Wildman–Crippen MR) is 75.2 cm³/mol. The molecule has 1 aliphatic rings. The van der Waals surface area contributed by atoms with E-state index in [1.807, 2.05) is 6.92 Å². The number of non-ortho nitro benzene ring substituents is 1. The Kier molecular flexibility index (Phi) is 4.54. The maximum absolute atomic E-state index is 12.5. The van der Waals surface area contributed by atoms with Crippen LogP contribution in [0, 0.1) is 17.0 Å². The molecule has 7 nitrogen and oxygen atoms in total. The van der Waals surface area contributed by atoms with Crippen LogP contribution in [-0.4, -0.2) is 52.7 Å². The second-order valence-electron chi connectivity index (χ2n) is 5.22. The molecule has 2 unspecified atom stereocenters. The molecule has 1 saturated heterocycles. The van der Waals surface area contributed by atoms with E-state index in [1.165, 1.54) is 18.2 Å². The van der Waals surface area contributed by atoms with Crippen LogP contribution in [0.1, 0.15) is 22.8 Å². The van der Waals surface area contributed by atoms with Crippen molar-refractivity contribution in [2.75, 3.05) is 19.7 Å². The second kappa shape index (κ2) is 6.19. The summed E-state index contributed by atoms with van der Waals surface area (Å²) in [7, 11) is 0. The minimum absolute atomic E-state index is 0.0346. The number of benzene rings is 1. The van der Waals surface area contributed by atoms with Crippen LogP contribution in [0.2, 0.25) is 0 Å². The van der Waals surface area contributed by atoms with Crippen molar-refractivity contribution in [3.05, 3.63) is 39.4 Å². The molecule has 0 saturated carbocycles. The fourth-order valence-electron chi connectivity index (χ4n) is 2.48. The maximum Gasteiger partial charge on any atom is 0.269 e. The van der Waals surface area contributed by atoms with Crippen molar-refractivity contribution in [3.8, 4) is 0 Å². The highest BCUT2D eigenvalue weighted by Gasteiger charge is 2.29. The summed E-state index contributed by atoms with van der Waals surface area (Å²) in [6.07, 6.45) is -0.547. The van der Waals surface area contributed by atoms with Gasteiger partial charge in [0.15, 0.2) is 0 Å². The Morgan fingerprint density at radius 1 is 1.52 bits per heavy atom. The van der Waals surface area contributed by atoms with Crippen molar-refractivity contribution in [2.45, 2.75) is 26.1 Å². The lowest BCUT2D eigenvalue weighted by molar-refractivity contribution is -0.384. The number of hydrogen-bond acceptors (Lipinski definition) is 5. The molecule has 0 spiro atoms. The summed E-state index contributed by atoms with van der Waals surface area (Å²) >= 11 is 0. The fraction of sp³-hybridized carbons (Fsp3) is 0.500. The van der Waals surface area contributed by atoms with Crippen LogP contribution >= 0.6 is 0 Å². The maximum atomic E-state index is 12.5. The second-order valence-corrected chi connectivity index (χ2v) is 5.22. The van der Waals surface area contributed by atoms with E-state index in [9.17, 15) is 20.0 Å². The molecule has 1 fully saturated rings. The third kappa shape index (κ3) is 3.37. The number of carbonyl (C=O) groups is 1. The monoisotopic (exact) mass is 294 g/mol. The quantitative estimate of drug-likeness (QED) is 0.666. The van der Waals surface area contributed by atoms with Gasteiger partial charge in [-0.3, -0.25) is 14.9 Å². The number of amides is 1. The van der Waals surface area contributed by atoms with E-state index in [1.54, 1.807) is 11.8 Å². The zero-order chi connectivity index (χ0) is 15.6. The van der Waals surface area contributed by atoms with Gasteiger partial charge in [0.05, 0.1) is 23.7 Å². The standard InChI is InChI=1S/C14H18N2O5/c1-9-5-11(16(19)20)3-4-13(9)14(18)15-6-10(2)21-12(7-15)8-17/h3-5,10,12,17H,6-8H2,1-2H3. The average Bonchev–Trinajstić information content (AvgIpc) is 2.45. The number of morpholine rings is 1. The number of rotatable bonds is 3. The molecule has 1 heterocycles. The number of nitrogens with zero attached hydrogens (tertiary/aromatic N) is 2. The van der Waals surface area contributed by atoms with E-state index in [0.717, 1.165) is 0 Å². The van der Waals surface area contributed by atoms with Crippen molar-refractivity contribution in [1.82, 2.24) is 4.90 Å². The van der Waals surface area contributed by atoms with E-state index < -0.39 is 11.0 Å². The van der Waals surface area contributed by atoms with Crippen LogP contribution in [0.5, 0.6) is 0 Å². The number of hydrogen-bond donors (Lipinski definition) is 1. The topological polar surface area (TPSA) is 92.9 Å². The van der Waals surface area contributed by atoms with E-state index in [-0.39, 0.29) is 24.3 Å². The lowest BCUT2D eigenvalue weighted by Crippen LogP contribution is -2.50. The van der Waals surface area contributed by atoms with Crippen molar-refractivity contribution in [2.24, 2.45) is 0 Å². The summed E-state index contributed by atoms with van der Waals surface area (Å²) in [6.45, 7) is 4.12. The zero-order valence-electron chi connectivity index (χ0n) is 12.0. The minimum atomic E-state index is -0.486. The van der Waals surface area contributed by atoms with Crippen molar-refractivity contribution in [1.29, 1.82) is 0 Å². The lowest BCUT2D eigenvalue weighted by atomic mass is 10.1. The molecule has 7 heteroatoms. The summed E-state index contributed by atoms with van der Waals surface area (Å²) in [5.41, 5.74) is 0.966. The van der Waals surface area contributed by atoms with Gasteiger partial charge in [-0.25, -0.2) is 0 Å². The molecule has 0 aromatic heterocycles. The molecule has 1 aliphatic heterocycles. The largest absolute Gasteiger partial charge is 0.394 e. The molecule has 1 aromatic rings. The van der Waals surface area contributed by atoms with Crippen LogP contribution in [0.4, 0.5) is 5.69 Å². The SMILES string of the molecule is Cc1cc([N+](=O)[O-])ccc1C(=O)N1CC(C)OC(CO)C1. The van der Waals surface area contributed by atoms with E-state index in [4.69, 9.17) is 4.74 Å². The van der Waals surface area contributed by atoms with Gasteiger partial charge in [0.1, 0.15) is 0 Å². The van der Waals surface area contributed by atoms with Gasteiger partial charge < -0.3 is 14.7 Å². The average molecular weight is 294 g/mol. The molecule has 1 aromatic carbocycles. The van der Waals surface area contributed by atoms with Gasteiger partial charge in [-0.1, -0.05) is 0 Å². The number of aryl methyl sites for hydroxylation is 1. The van der Waals surface area contributed by atoms with Crippen LogP contribution in [0.3, 0.4) is 0 Å². The van der Waals surface area contributed by atoms with Crippen LogP contribution in [-0.2, 0) is 4.74 Å². The first-order chi connectivity index (χ1) is 9.92. The first-order valence-electron chi connectivity index (χ1n) is 6.73. The Hall–Kier alpha value is -1.99. The summed E-state index contributed by atoms with van der Waals surface area (Å²) < 4.78 is 5.50. The van der Waals surface area contributed by atoms with Gasteiger partial charge >= 0.3 is 0 Å². The number of ether oxygens (including phenoxy) is 1. The first-order valence-corrected chi connectivity index (χ1v) is 6.73. The Bertz CT molecular complexity index is 560. The third-order valence-electron chi connectivity index (χ3n) is 3.47. The Morgan fingerprint density at radius 3 is 2.81 bits per heavy atom. The first kappa shape index (κ1) is 15.4. The highest BCUT2D eigenvalue weighted by molar-refractivity contribution is 5.96. The molecule has 0 bridgehead atoms. The van der Waals surface area contributed by atoms with Gasteiger partial charge in [0.25, 0.3) is 11.6 Å². The Morgan fingerprint density at radius 2 is 2.24 bits per heavy atom. The van der Waals surface area contributed by atoms with Crippen molar-refractivity contribution < 1.29 is 19.6 Å². The van der Waals surface area contributed by atoms with Gasteiger partial charge in [0, 0.05) is 30.8 Å². The molecule has 114 valence electrons. The van der Waals surface area contributed by atoms with E-state index in [0.29, 0.717) is 24.2 Å². The molecule has 21 heavy (non-hydrogen) atoms. The van der Waals surface area contributed by atoms with Crippen molar-refractivity contribution >= 4 is 11.6 Å². The molecule has 0 radical (unpaired) electrons. The molecule has 1 N–H and O–H groups in total. The number of carbonyl (C=O) groups excluding carboxylic acids is 1. The zero-order valence-corrected chi connectivity index (χ0v) is 12.0. The molecular weight excluding hydrogens is 276 g/mol. The number of nitro benzene ring substituents is 1. The normalized spacial score (nSPS) is 22.1. The third-order valence-corrected chi connectivity index (χ3v) is 3.47. The highest BCUT2D eigenvalue weighted by atomic mass is 16.6. The predicted octanol–water partition coefficient (Wildman–Crippen LogP) is 1.13. The number of nitro groups is 1. The molecule has 2 atom stereocenters. The minimum Gasteiger partial charge on any atom is -0.394 e. The summed E-state index contributed by atoms with van der Waals surface area (Å²) in [5.74, 6) is -0.198. The Labute approximate surface area is 122 Å². The van der Waals surface area contributed by atoms with Crippen LogP contribution in [0.15, 0.2) is 18.2 Å². The van der Waals surface area contributed by atoms with Crippen molar-refractivity contribution in [3.63, 3.8) is 0 Å². The van der Waals surface area contributed by atoms with Crippen LogP contribution in [0.25, 0.3) is 0 Å². The molecular formula is C14H18N2O5. The van der Waals surface area contributed by atoms with Gasteiger partial charge in [-0.05, 0) is 25.5 Å². The fourth-order valence-corrected chi connectivity index (χ4v) is 2.48.